The topological polar surface area (TPSA) is 26.0 Å². The van der Waals surface area contributed by atoms with E-state index in [1.165, 1.54) is 0 Å². The quantitative estimate of drug-likeness (QED) is 0.535. The van der Waals surface area contributed by atoms with Crippen molar-refractivity contribution in [3.8, 4) is 0 Å². The summed E-state index contributed by atoms with van der Waals surface area (Å²) in [5, 5.41) is 0. The summed E-state index contributed by atoms with van der Waals surface area (Å²) in [6, 6.07) is 0.0389. The summed E-state index contributed by atoms with van der Waals surface area (Å²) in [4.78, 5) is 0. The van der Waals surface area contributed by atoms with Crippen LogP contribution in [0, 0.1) is 5.41 Å². The molecule has 0 aromatic carbocycles. The second kappa shape index (κ2) is 2.59. The van der Waals surface area contributed by atoms with E-state index >= 15 is 0 Å². The van der Waals surface area contributed by atoms with Gasteiger partial charge < -0.3 is 5.73 Å². The van der Waals surface area contributed by atoms with Crippen LogP contribution in [0.4, 0.5) is 4.39 Å². The largest absolute Gasteiger partial charge is 0.324 e. The number of alkyl halides is 1. The van der Waals surface area contributed by atoms with E-state index in [4.69, 9.17) is 5.73 Å². The molecule has 0 saturated carbocycles. The molecule has 1 aliphatic carbocycles. The Labute approximate surface area is 67.5 Å². The molecular formula is C9H16FN. The minimum atomic E-state index is -0.817. The number of nitrogens with two attached hydrogens (primary N) is 1. The highest BCUT2D eigenvalue weighted by atomic mass is 19.1. The van der Waals surface area contributed by atoms with Gasteiger partial charge in [0.1, 0.15) is 6.17 Å². The lowest BCUT2D eigenvalue weighted by molar-refractivity contribution is 0.147. The normalized spacial score (nSPS) is 36.6. The fourth-order valence-electron chi connectivity index (χ4n) is 1.81. The van der Waals surface area contributed by atoms with E-state index in [1.54, 1.807) is 0 Å². The number of hydrogen-bond acceptors (Lipinski definition) is 1. The molecule has 0 radical (unpaired) electrons. The highest BCUT2D eigenvalue weighted by Gasteiger charge is 2.35. The highest BCUT2D eigenvalue weighted by molar-refractivity contribution is 5.17. The molecule has 0 saturated heterocycles. The van der Waals surface area contributed by atoms with Gasteiger partial charge in [-0.15, -0.1) is 0 Å². The first-order valence-corrected chi connectivity index (χ1v) is 4.01. The monoisotopic (exact) mass is 157 g/mol. The van der Waals surface area contributed by atoms with Crippen LogP contribution in [0.2, 0.25) is 0 Å². The van der Waals surface area contributed by atoms with Crippen LogP contribution in [0.5, 0.6) is 0 Å². The molecule has 2 atom stereocenters. The Hall–Kier alpha value is -0.370. The van der Waals surface area contributed by atoms with Crippen molar-refractivity contribution in [2.75, 3.05) is 0 Å². The zero-order valence-electron chi connectivity index (χ0n) is 7.39. The van der Waals surface area contributed by atoms with Crippen molar-refractivity contribution in [3.05, 3.63) is 11.6 Å². The summed E-state index contributed by atoms with van der Waals surface area (Å²) in [6.07, 6.45) is 1.75. The third-order valence-electron chi connectivity index (χ3n) is 2.32. The van der Waals surface area contributed by atoms with Crippen molar-refractivity contribution in [1.29, 1.82) is 0 Å². The average molecular weight is 157 g/mol. The van der Waals surface area contributed by atoms with E-state index in [2.05, 4.69) is 0 Å². The van der Waals surface area contributed by atoms with E-state index in [0.29, 0.717) is 0 Å². The molecule has 1 rings (SSSR count). The van der Waals surface area contributed by atoms with E-state index in [0.717, 1.165) is 12.0 Å². The number of allylic oxidation sites excluding steroid dienone is 1. The predicted octanol–water partition coefficient (Wildman–Crippen LogP) is 2.03. The lowest BCUT2D eigenvalue weighted by atomic mass is 9.74. The first kappa shape index (κ1) is 8.72. The van der Waals surface area contributed by atoms with Gasteiger partial charge in [-0.3, -0.25) is 0 Å². The summed E-state index contributed by atoms with van der Waals surface area (Å²) in [7, 11) is 0. The number of halogens is 1. The summed E-state index contributed by atoms with van der Waals surface area (Å²) in [6.45, 7) is 5.66. The summed E-state index contributed by atoms with van der Waals surface area (Å²) in [5.74, 6) is 0. The van der Waals surface area contributed by atoms with Gasteiger partial charge in [-0.1, -0.05) is 19.9 Å². The van der Waals surface area contributed by atoms with Crippen LogP contribution in [-0.4, -0.2) is 12.2 Å². The Morgan fingerprint density at radius 3 is 2.64 bits per heavy atom. The molecule has 1 aliphatic rings. The van der Waals surface area contributed by atoms with Gasteiger partial charge >= 0.3 is 0 Å². The fourth-order valence-corrected chi connectivity index (χ4v) is 1.81. The molecule has 0 spiro atoms. The molecule has 2 heteroatoms. The maximum atomic E-state index is 13.4. The number of hydrogen-bond donors (Lipinski definition) is 1. The van der Waals surface area contributed by atoms with Gasteiger partial charge in [0, 0.05) is 11.5 Å². The molecule has 0 fully saturated rings. The summed E-state index contributed by atoms with van der Waals surface area (Å²) in [5.41, 5.74) is 6.23. The third kappa shape index (κ3) is 1.62. The van der Waals surface area contributed by atoms with Gasteiger partial charge in [0.15, 0.2) is 0 Å². The average Bonchev–Trinajstić information content (AvgIpc) is 1.81. The zero-order chi connectivity index (χ0) is 8.65. The first-order valence-electron chi connectivity index (χ1n) is 4.01. The van der Waals surface area contributed by atoms with Crippen LogP contribution < -0.4 is 5.73 Å². The molecule has 1 nitrogen and oxygen atoms in total. The summed E-state index contributed by atoms with van der Waals surface area (Å²) < 4.78 is 13.4. The molecule has 0 aromatic rings. The van der Waals surface area contributed by atoms with Crippen molar-refractivity contribution >= 4 is 0 Å². The summed E-state index contributed by atoms with van der Waals surface area (Å²) >= 11 is 0. The van der Waals surface area contributed by atoms with Gasteiger partial charge in [0.05, 0.1) is 0 Å². The van der Waals surface area contributed by atoms with Gasteiger partial charge in [0.25, 0.3) is 0 Å². The van der Waals surface area contributed by atoms with E-state index < -0.39 is 6.17 Å². The van der Waals surface area contributed by atoms with Crippen molar-refractivity contribution in [2.24, 2.45) is 11.1 Å². The van der Waals surface area contributed by atoms with Crippen molar-refractivity contribution < 1.29 is 4.39 Å². The van der Waals surface area contributed by atoms with Crippen LogP contribution in [-0.2, 0) is 0 Å². The highest BCUT2D eigenvalue weighted by Crippen LogP contribution is 2.37. The van der Waals surface area contributed by atoms with Crippen LogP contribution >= 0.6 is 0 Å². The molecule has 11 heavy (non-hydrogen) atoms. The van der Waals surface area contributed by atoms with E-state index in [-0.39, 0.29) is 11.5 Å². The van der Waals surface area contributed by atoms with Gasteiger partial charge in [0.2, 0.25) is 0 Å². The van der Waals surface area contributed by atoms with Crippen LogP contribution in [0.25, 0.3) is 0 Å². The lowest BCUT2D eigenvalue weighted by Gasteiger charge is -2.35. The standard InChI is InChI=1S/C9H16FN/c1-6-4-7(11)5-9(2,3)8(6)10/h4,7-8H,5,11H2,1-3H3/t7-,8+/m0/s1. The predicted molar refractivity (Wildman–Crippen MR) is 45.0 cm³/mol. The SMILES string of the molecule is CC1=C[C@H](N)CC(C)(C)[C@@H]1F. The van der Waals surface area contributed by atoms with E-state index in [1.807, 2.05) is 26.8 Å². The Bertz CT molecular complexity index is 184. The van der Waals surface area contributed by atoms with Crippen LogP contribution in [0.15, 0.2) is 11.6 Å². The third-order valence-corrected chi connectivity index (χ3v) is 2.32. The van der Waals surface area contributed by atoms with Crippen molar-refractivity contribution in [1.82, 2.24) is 0 Å². The van der Waals surface area contributed by atoms with Gasteiger partial charge in [-0.25, -0.2) is 4.39 Å². The van der Waals surface area contributed by atoms with Gasteiger partial charge in [-0.2, -0.15) is 0 Å². The van der Waals surface area contributed by atoms with E-state index in [9.17, 15) is 4.39 Å². The molecule has 0 heterocycles. The van der Waals surface area contributed by atoms with Crippen molar-refractivity contribution in [3.63, 3.8) is 0 Å². The molecule has 0 aliphatic heterocycles. The molecule has 0 bridgehead atoms. The smallest absolute Gasteiger partial charge is 0.126 e. The lowest BCUT2D eigenvalue weighted by Crippen LogP contribution is -2.38. The Balaban J connectivity index is 2.86. The molecule has 64 valence electrons. The van der Waals surface area contributed by atoms with Gasteiger partial charge in [-0.05, 0) is 18.9 Å². The first-order chi connectivity index (χ1) is 4.93. The Morgan fingerprint density at radius 2 is 2.18 bits per heavy atom. The second-order valence-corrected chi connectivity index (χ2v) is 4.13. The van der Waals surface area contributed by atoms with Crippen molar-refractivity contribution in [2.45, 2.75) is 39.4 Å². The molecule has 2 N–H and O–H groups in total. The molecule has 0 unspecified atom stereocenters. The second-order valence-electron chi connectivity index (χ2n) is 4.13. The minimum absolute atomic E-state index is 0.0389. The number of rotatable bonds is 0. The Morgan fingerprint density at radius 1 is 1.64 bits per heavy atom. The maximum absolute atomic E-state index is 13.4. The Kier molecular flexibility index (Phi) is 2.06. The maximum Gasteiger partial charge on any atom is 0.126 e. The molecule has 0 amide bonds. The zero-order valence-corrected chi connectivity index (χ0v) is 7.39. The molecule has 0 aromatic heterocycles. The minimum Gasteiger partial charge on any atom is -0.324 e. The van der Waals surface area contributed by atoms with Crippen LogP contribution in [0.3, 0.4) is 0 Å². The molecular weight excluding hydrogens is 141 g/mol. The van der Waals surface area contributed by atoms with Crippen LogP contribution in [0.1, 0.15) is 27.2 Å². The fraction of sp³-hybridized carbons (Fsp3) is 0.778.